The average Bonchev–Trinajstić information content (AvgIpc) is 2.78. The molecule has 1 aromatic heterocycles. The summed E-state index contributed by atoms with van der Waals surface area (Å²) in [6, 6.07) is 1.59. The minimum absolute atomic E-state index is 0.0690. The van der Waals surface area contributed by atoms with Crippen LogP contribution in [0.1, 0.15) is 23.3 Å². The van der Waals surface area contributed by atoms with Crippen molar-refractivity contribution in [3.8, 4) is 0 Å². The SMILES string of the molecule is O=C(O)[C@H]1CCCN1C(=O)c1ccc(F)cn1. The van der Waals surface area contributed by atoms with E-state index in [9.17, 15) is 14.0 Å². The van der Waals surface area contributed by atoms with E-state index >= 15 is 0 Å². The first-order chi connectivity index (χ1) is 8.09. The molecule has 0 bridgehead atoms. The quantitative estimate of drug-likeness (QED) is 0.831. The highest BCUT2D eigenvalue weighted by Gasteiger charge is 2.34. The van der Waals surface area contributed by atoms with Crippen LogP contribution in [-0.4, -0.2) is 39.5 Å². The molecule has 0 aromatic carbocycles. The van der Waals surface area contributed by atoms with Crippen molar-refractivity contribution in [2.45, 2.75) is 18.9 Å². The van der Waals surface area contributed by atoms with Gasteiger partial charge in [0.25, 0.3) is 5.91 Å². The molecule has 90 valence electrons. The monoisotopic (exact) mass is 238 g/mol. The molecular formula is C11H11FN2O3. The molecule has 0 radical (unpaired) electrons. The van der Waals surface area contributed by atoms with Crippen molar-refractivity contribution < 1.29 is 19.1 Å². The topological polar surface area (TPSA) is 70.5 Å². The maximum atomic E-state index is 12.7. The van der Waals surface area contributed by atoms with Crippen molar-refractivity contribution in [1.29, 1.82) is 0 Å². The minimum atomic E-state index is -1.02. The van der Waals surface area contributed by atoms with Crippen molar-refractivity contribution in [1.82, 2.24) is 9.88 Å². The Kier molecular flexibility index (Phi) is 3.03. The minimum Gasteiger partial charge on any atom is -0.480 e. The number of nitrogens with zero attached hydrogens (tertiary/aromatic N) is 2. The van der Waals surface area contributed by atoms with E-state index in [1.165, 1.54) is 11.0 Å². The highest BCUT2D eigenvalue weighted by molar-refractivity contribution is 5.95. The highest BCUT2D eigenvalue weighted by atomic mass is 19.1. The van der Waals surface area contributed by atoms with Crippen molar-refractivity contribution in [2.75, 3.05) is 6.54 Å². The van der Waals surface area contributed by atoms with Crippen molar-refractivity contribution in [3.63, 3.8) is 0 Å². The van der Waals surface area contributed by atoms with Crippen LogP contribution in [0.15, 0.2) is 18.3 Å². The van der Waals surface area contributed by atoms with Crippen molar-refractivity contribution in [3.05, 3.63) is 29.8 Å². The van der Waals surface area contributed by atoms with Gasteiger partial charge in [0.05, 0.1) is 6.20 Å². The molecule has 6 heteroatoms. The number of hydrogen-bond acceptors (Lipinski definition) is 3. The van der Waals surface area contributed by atoms with Crippen LogP contribution in [0.5, 0.6) is 0 Å². The van der Waals surface area contributed by atoms with Gasteiger partial charge in [0.2, 0.25) is 0 Å². The first kappa shape index (κ1) is 11.5. The normalized spacial score (nSPS) is 19.4. The van der Waals surface area contributed by atoms with Crippen molar-refractivity contribution >= 4 is 11.9 Å². The molecule has 2 heterocycles. The lowest BCUT2D eigenvalue weighted by Gasteiger charge is -2.20. The number of likely N-dealkylation sites (tertiary alicyclic amines) is 1. The van der Waals surface area contributed by atoms with Crippen LogP contribution in [0.25, 0.3) is 0 Å². The second-order valence-electron chi connectivity index (χ2n) is 3.86. The number of pyridine rings is 1. The smallest absolute Gasteiger partial charge is 0.326 e. The first-order valence-electron chi connectivity index (χ1n) is 5.25. The molecule has 1 N–H and O–H groups in total. The van der Waals surface area contributed by atoms with Crippen molar-refractivity contribution in [2.24, 2.45) is 0 Å². The van der Waals surface area contributed by atoms with Crippen LogP contribution in [0, 0.1) is 5.82 Å². The van der Waals surface area contributed by atoms with Gasteiger partial charge in [-0.3, -0.25) is 4.79 Å². The lowest BCUT2D eigenvalue weighted by molar-refractivity contribution is -0.141. The van der Waals surface area contributed by atoms with Gasteiger partial charge in [0.1, 0.15) is 17.6 Å². The lowest BCUT2D eigenvalue weighted by atomic mass is 10.2. The molecule has 0 unspecified atom stereocenters. The number of aromatic nitrogens is 1. The summed E-state index contributed by atoms with van der Waals surface area (Å²) in [6.45, 7) is 0.398. The van der Waals surface area contributed by atoms with Crippen LogP contribution in [-0.2, 0) is 4.79 Å². The number of carbonyl (C=O) groups excluding carboxylic acids is 1. The van der Waals surface area contributed by atoms with Crippen LogP contribution < -0.4 is 0 Å². The van der Waals surface area contributed by atoms with Gasteiger partial charge >= 0.3 is 5.97 Å². The zero-order valence-electron chi connectivity index (χ0n) is 8.97. The summed E-state index contributed by atoms with van der Waals surface area (Å²) in [5, 5.41) is 8.95. The predicted octanol–water partition coefficient (Wildman–Crippen LogP) is 0.910. The summed E-state index contributed by atoms with van der Waals surface area (Å²) in [5.74, 6) is -2.01. The Bertz CT molecular complexity index is 447. The molecule has 0 aliphatic carbocycles. The van der Waals surface area contributed by atoms with E-state index in [1.54, 1.807) is 0 Å². The second-order valence-corrected chi connectivity index (χ2v) is 3.86. The molecule has 1 aromatic rings. The third-order valence-electron chi connectivity index (χ3n) is 2.75. The van der Waals surface area contributed by atoms with Gasteiger partial charge in [-0.2, -0.15) is 0 Å². The summed E-state index contributed by atoms with van der Waals surface area (Å²) in [4.78, 5) is 27.8. The Balaban J connectivity index is 2.19. The number of amides is 1. The molecule has 0 spiro atoms. The van der Waals surface area contributed by atoms with Crippen LogP contribution in [0.2, 0.25) is 0 Å². The molecule has 1 atom stereocenters. The molecule has 1 aliphatic heterocycles. The fraction of sp³-hybridized carbons (Fsp3) is 0.364. The standard InChI is InChI=1S/C11H11FN2O3/c12-7-3-4-8(13-6-7)10(15)14-5-1-2-9(14)11(16)17/h3-4,6,9H,1-2,5H2,(H,16,17)/t9-/m1/s1. The maximum Gasteiger partial charge on any atom is 0.326 e. The summed E-state index contributed by atoms with van der Waals surface area (Å²) in [7, 11) is 0. The lowest BCUT2D eigenvalue weighted by Crippen LogP contribution is -2.40. The van der Waals surface area contributed by atoms with Gasteiger partial charge < -0.3 is 10.0 Å². The van der Waals surface area contributed by atoms with Crippen LogP contribution in [0.4, 0.5) is 4.39 Å². The molecule has 1 fully saturated rings. The molecule has 17 heavy (non-hydrogen) atoms. The van der Waals surface area contributed by atoms with Gasteiger partial charge in [-0.05, 0) is 25.0 Å². The Labute approximate surface area is 96.9 Å². The highest BCUT2D eigenvalue weighted by Crippen LogP contribution is 2.19. The zero-order valence-corrected chi connectivity index (χ0v) is 8.97. The first-order valence-corrected chi connectivity index (χ1v) is 5.25. The maximum absolute atomic E-state index is 12.7. The number of rotatable bonds is 2. The van der Waals surface area contributed by atoms with Gasteiger partial charge in [-0.15, -0.1) is 0 Å². The predicted molar refractivity (Wildman–Crippen MR) is 55.9 cm³/mol. The van der Waals surface area contributed by atoms with E-state index in [2.05, 4.69) is 4.98 Å². The Morgan fingerprint density at radius 2 is 2.24 bits per heavy atom. The van der Waals surface area contributed by atoms with E-state index in [0.717, 1.165) is 12.3 Å². The fourth-order valence-corrected chi connectivity index (χ4v) is 1.92. The molecule has 0 saturated carbocycles. The number of carboxylic acids is 1. The van der Waals surface area contributed by atoms with Gasteiger partial charge in [-0.25, -0.2) is 14.2 Å². The molecule has 5 nitrogen and oxygen atoms in total. The second kappa shape index (κ2) is 4.48. The fourth-order valence-electron chi connectivity index (χ4n) is 1.92. The third kappa shape index (κ3) is 2.25. The number of hydrogen-bond donors (Lipinski definition) is 1. The van der Waals surface area contributed by atoms with E-state index < -0.39 is 23.7 Å². The molecule has 2 rings (SSSR count). The van der Waals surface area contributed by atoms with E-state index in [0.29, 0.717) is 19.4 Å². The van der Waals surface area contributed by atoms with E-state index in [4.69, 9.17) is 5.11 Å². The van der Waals surface area contributed by atoms with Gasteiger partial charge in [-0.1, -0.05) is 0 Å². The van der Waals surface area contributed by atoms with Gasteiger partial charge in [0, 0.05) is 6.54 Å². The van der Waals surface area contributed by atoms with Crippen LogP contribution in [0.3, 0.4) is 0 Å². The molecule has 1 saturated heterocycles. The van der Waals surface area contributed by atoms with Crippen LogP contribution >= 0.6 is 0 Å². The largest absolute Gasteiger partial charge is 0.480 e. The van der Waals surface area contributed by atoms with Gasteiger partial charge in [0.15, 0.2) is 0 Å². The van der Waals surface area contributed by atoms with E-state index in [-0.39, 0.29) is 5.69 Å². The Morgan fingerprint density at radius 3 is 2.82 bits per heavy atom. The molecular weight excluding hydrogens is 227 g/mol. The summed E-state index contributed by atoms with van der Waals surface area (Å²) >= 11 is 0. The number of aliphatic carboxylic acids is 1. The number of carbonyl (C=O) groups is 2. The Hall–Kier alpha value is -1.98. The summed E-state index contributed by atoms with van der Waals surface area (Å²) in [6.07, 6.45) is 2.05. The number of carboxylic acid groups (broad SMARTS) is 1. The Morgan fingerprint density at radius 1 is 1.47 bits per heavy atom. The molecule has 1 aliphatic rings. The average molecular weight is 238 g/mol. The third-order valence-corrected chi connectivity index (χ3v) is 2.75. The summed E-state index contributed by atoms with van der Waals surface area (Å²) in [5.41, 5.74) is 0.0690. The van der Waals surface area contributed by atoms with E-state index in [1.807, 2.05) is 0 Å². The molecule has 1 amide bonds. The summed E-state index contributed by atoms with van der Waals surface area (Å²) < 4.78 is 12.7. The number of halogens is 1. The zero-order chi connectivity index (χ0) is 12.4.